The van der Waals surface area contributed by atoms with Crippen LogP contribution in [0.4, 0.5) is 0 Å². The molecule has 2 atom stereocenters. The summed E-state index contributed by atoms with van der Waals surface area (Å²) >= 11 is 13.3. The molecule has 2 aromatic carbocycles. The minimum Gasteiger partial charge on any atom is -0.495 e. The second-order valence-electron chi connectivity index (χ2n) is 11.7. The van der Waals surface area contributed by atoms with Gasteiger partial charge in [-0.15, -0.1) is 0 Å². The van der Waals surface area contributed by atoms with E-state index in [1.807, 2.05) is 32.9 Å². The molecule has 0 radical (unpaired) electrons. The second kappa shape index (κ2) is 21.7. The van der Waals surface area contributed by atoms with Crippen LogP contribution < -0.4 is 25.4 Å². The zero-order valence-electron chi connectivity index (χ0n) is 27.3. The number of hydrogen-bond acceptors (Lipinski definition) is 8. The summed E-state index contributed by atoms with van der Waals surface area (Å²) in [6.45, 7) is 5.01. The Bertz CT molecular complexity index is 1560. The van der Waals surface area contributed by atoms with E-state index in [1.54, 1.807) is 14.2 Å². The molecular weight excluding hydrogens is 1340 g/mol. The summed E-state index contributed by atoms with van der Waals surface area (Å²) in [5.41, 5.74) is 1.55. The number of carbonyl (C=O) groups is 3. The number of carbonyl (C=O) groups excluding carboxylic acids is 3. The maximum absolute atomic E-state index is 13.2. The number of halogens is 6. The Kier molecular flexibility index (Phi) is 20.4. The summed E-state index contributed by atoms with van der Waals surface area (Å²) in [5, 5.41) is 8.07. The van der Waals surface area contributed by atoms with E-state index in [2.05, 4.69) is 151 Å². The number of nitrogens with one attached hydrogen (secondary N) is 3. The lowest BCUT2D eigenvalue weighted by atomic mass is 9.99. The molecule has 0 aliphatic carbocycles. The average Bonchev–Trinajstić information content (AvgIpc) is 2.99. The molecule has 12 nitrogen and oxygen atoms in total. The van der Waals surface area contributed by atoms with Gasteiger partial charge in [0.1, 0.15) is 17.5 Å². The van der Waals surface area contributed by atoms with Gasteiger partial charge in [-0.2, -0.15) is 0 Å². The fraction of sp³-hybridized carbons (Fsp3) is 0.500. The first kappa shape index (κ1) is 46.1. The summed E-state index contributed by atoms with van der Waals surface area (Å²) < 4.78 is 39.6. The molecule has 1 unspecified atom stereocenters. The molecule has 0 fully saturated rings. The van der Waals surface area contributed by atoms with E-state index in [9.17, 15) is 23.8 Å². The van der Waals surface area contributed by atoms with Crippen LogP contribution in [-0.2, 0) is 40.8 Å². The Labute approximate surface area is 369 Å². The van der Waals surface area contributed by atoms with Gasteiger partial charge in [0.25, 0.3) is 0 Å². The van der Waals surface area contributed by atoms with Crippen LogP contribution in [0.25, 0.3) is 0 Å². The van der Waals surface area contributed by atoms with E-state index in [4.69, 9.17) is 18.5 Å². The Balaban J connectivity index is 2.02. The molecule has 0 bridgehead atoms. The number of phosphoric ester groups is 1. The number of rotatable bonds is 18. The average molecular weight is 1380 g/mol. The van der Waals surface area contributed by atoms with Crippen molar-refractivity contribution in [2.75, 3.05) is 40.5 Å². The number of hydrogen-bond donors (Lipinski definition) is 4. The highest BCUT2D eigenvalue weighted by molar-refractivity contribution is 14.1. The maximum Gasteiger partial charge on any atom is 0.472 e. The second-order valence-corrected chi connectivity index (χ2v) is 20.0. The third-order valence-corrected chi connectivity index (χ3v) is 13.3. The molecule has 0 aliphatic rings. The van der Waals surface area contributed by atoms with Gasteiger partial charge in [0.05, 0.1) is 41.7 Å². The van der Waals surface area contributed by atoms with Crippen molar-refractivity contribution in [1.29, 1.82) is 0 Å². The topological polar surface area (TPSA) is 162 Å². The Morgan fingerprint density at radius 1 is 0.776 bits per heavy atom. The number of phosphoric acid groups is 1. The van der Waals surface area contributed by atoms with E-state index in [0.717, 1.165) is 44.0 Å². The Morgan fingerprint density at radius 2 is 1.24 bits per heavy atom. The van der Waals surface area contributed by atoms with Crippen LogP contribution in [0.1, 0.15) is 44.7 Å². The zero-order chi connectivity index (χ0) is 37.1. The third kappa shape index (κ3) is 15.7. The van der Waals surface area contributed by atoms with Crippen molar-refractivity contribution in [2.24, 2.45) is 5.41 Å². The van der Waals surface area contributed by atoms with Crippen LogP contribution in [-0.4, -0.2) is 69.2 Å². The van der Waals surface area contributed by atoms with E-state index >= 15 is 0 Å². The Morgan fingerprint density at radius 3 is 1.71 bits per heavy atom. The minimum absolute atomic E-state index is 0.0389. The summed E-state index contributed by atoms with van der Waals surface area (Å²) in [4.78, 5) is 49.0. The van der Waals surface area contributed by atoms with E-state index in [1.165, 1.54) is 0 Å². The number of amides is 3. The molecule has 49 heavy (non-hydrogen) atoms. The number of ether oxygens (including phenoxy) is 2. The van der Waals surface area contributed by atoms with Gasteiger partial charge in [0.2, 0.25) is 17.7 Å². The zero-order valence-corrected chi connectivity index (χ0v) is 41.2. The van der Waals surface area contributed by atoms with E-state index in [0.29, 0.717) is 12.8 Å². The lowest BCUT2D eigenvalue weighted by Crippen LogP contribution is -2.50. The largest absolute Gasteiger partial charge is 0.495 e. The molecule has 0 aliphatic heterocycles. The van der Waals surface area contributed by atoms with Crippen molar-refractivity contribution < 1.29 is 42.4 Å². The van der Waals surface area contributed by atoms with Crippen molar-refractivity contribution in [2.45, 2.75) is 52.5 Å². The van der Waals surface area contributed by atoms with E-state index in [-0.39, 0.29) is 38.4 Å². The van der Waals surface area contributed by atoms with Gasteiger partial charge >= 0.3 is 7.82 Å². The SMILES string of the molecule is COc1c(I)cc(I)c(CCC(=O)NCCNC(=O)[C@H](COP(=O)(O)OCC(C)(C)C)NC(=O)CCc2c(I)cc(I)c(OC)c2I)c1I. The maximum atomic E-state index is 13.2. The fourth-order valence-electron chi connectivity index (χ4n) is 4.06. The lowest BCUT2D eigenvalue weighted by molar-refractivity contribution is -0.130. The van der Waals surface area contributed by atoms with Crippen molar-refractivity contribution in [1.82, 2.24) is 16.0 Å². The van der Waals surface area contributed by atoms with Crippen molar-refractivity contribution in [3.8, 4) is 11.5 Å². The highest BCUT2D eigenvalue weighted by atomic mass is 127. The molecule has 0 saturated carbocycles. The summed E-state index contributed by atoms with van der Waals surface area (Å²) in [6, 6.07) is 2.68. The first-order chi connectivity index (χ1) is 22.8. The van der Waals surface area contributed by atoms with Gasteiger partial charge in [-0.25, -0.2) is 4.57 Å². The van der Waals surface area contributed by atoms with Crippen molar-refractivity contribution in [3.63, 3.8) is 0 Å². The highest BCUT2D eigenvalue weighted by Gasteiger charge is 2.29. The van der Waals surface area contributed by atoms with Crippen LogP contribution >= 0.6 is 143 Å². The molecule has 0 spiro atoms. The predicted molar refractivity (Wildman–Crippen MR) is 238 cm³/mol. The third-order valence-electron chi connectivity index (χ3n) is 6.52. The number of methoxy groups -OCH3 is 2. The van der Waals surface area contributed by atoms with Crippen LogP contribution in [0.3, 0.4) is 0 Å². The molecule has 2 rings (SSSR count). The molecular formula is C30H38I6N3O9P. The van der Waals surface area contributed by atoms with E-state index < -0.39 is 37.7 Å². The monoisotopic (exact) mass is 1380 g/mol. The molecule has 0 aromatic heterocycles. The van der Waals surface area contributed by atoms with Crippen molar-refractivity contribution >= 4 is 161 Å². The number of benzene rings is 2. The van der Waals surface area contributed by atoms with Crippen LogP contribution in [0.2, 0.25) is 0 Å². The quantitative estimate of drug-likeness (QED) is 0.0716. The van der Waals surface area contributed by atoms with Gasteiger partial charge < -0.3 is 30.3 Å². The molecule has 0 saturated heterocycles. The summed E-state index contributed by atoms with van der Waals surface area (Å²) in [5.74, 6) is 0.210. The normalized spacial score (nSPS) is 13.3. The van der Waals surface area contributed by atoms with Gasteiger partial charge in [-0.05, 0) is 177 Å². The highest BCUT2D eigenvalue weighted by Crippen LogP contribution is 2.44. The van der Waals surface area contributed by atoms with Gasteiger partial charge in [0, 0.05) is 33.1 Å². The molecule has 2 aromatic rings. The Hall–Kier alpha value is 0.940. The smallest absolute Gasteiger partial charge is 0.472 e. The van der Waals surface area contributed by atoms with Gasteiger partial charge in [-0.1, -0.05) is 20.8 Å². The van der Waals surface area contributed by atoms with Gasteiger partial charge in [0.15, 0.2) is 0 Å². The first-order valence-electron chi connectivity index (χ1n) is 14.7. The minimum atomic E-state index is -4.52. The lowest BCUT2D eigenvalue weighted by Gasteiger charge is -2.23. The van der Waals surface area contributed by atoms with Gasteiger partial charge in [-0.3, -0.25) is 23.4 Å². The summed E-state index contributed by atoms with van der Waals surface area (Å²) in [6.07, 6.45) is 1.16. The molecule has 19 heteroatoms. The summed E-state index contributed by atoms with van der Waals surface area (Å²) in [7, 11) is -1.32. The first-order valence-corrected chi connectivity index (χ1v) is 22.6. The fourth-order valence-corrected chi connectivity index (χ4v) is 13.7. The molecule has 4 N–H and O–H groups in total. The van der Waals surface area contributed by atoms with Crippen LogP contribution in [0.5, 0.6) is 11.5 Å². The molecule has 3 amide bonds. The van der Waals surface area contributed by atoms with Crippen molar-refractivity contribution in [3.05, 3.63) is 44.7 Å². The molecule has 274 valence electrons. The standard InChI is InChI=1S/C30H38I6N3O9P/c1-30(2,3)15-48-49(43,44)47-14-22(39-24(41)9-7-17-19(32)13-21(34)28(46-5)26(17)36)29(42)38-11-10-37-23(40)8-6-16-18(31)12-20(33)27(45-4)25(16)35/h12-13,22H,6-11,14-15H2,1-5H3,(H,37,40)(H,38,42)(H,39,41)(H,43,44)/t22-/m0/s1. The predicted octanol–water partition coefficient (Wildman–Crippen LogP) is 6.79. The molecule has 0 heterocycles. The van der Waals surface area contributed by atoms with Crippen LogP contribution in [0.15, 0.2) is 12.1 Å². The van der Waals surface area contributed by atoms with Crippen LogP contribution in [0, 0.1) is 26.8 Å².